The van der Waals surface area contributed by atoms with Gasteiger partial charge in [0, 0.05) is 23.5 Å². The van der Waals surface area contributed by atoms with Crippen LogP contribution in [0.1, 0.15) is 32.0 Å². The number of hydrogen-bond acceptors (Lipinski definition) is 2. The fraction of sp³-hybridized carbons (Fsp3) is 0.500. The van der Waals surface area contributed by atoms with Crippen LogP contribution in [0.5, 0.6) is 0 Å². The molecule has 1 aliphatic carbocycles. The first-order valence-corrected chi connectivity index (χ1v) is 6.94. The van der Waals surface area contributed by atoms with Crippen molar-refractivity contribution in [1.82, 2.24) is 9.55 Å². The maximum absolute atomic E-state index is 6.05. The highest BCUT2D eigenvalue weighted by atomic mass is 35.5. The summed E-state index contributed by atoms with van der Waals surface area (Å²) in [6, 6.07) is 5.94. The molecule has 0 bridgehead atoms. The smallest absolute Gasteiger partial charge is 0.117 e. The summed E-state index contributed by atoms with van der Waals surface area (Å²) in [4.78, 5) is 4.80. The van der Waals surface area contributed by atoms with Crippen molar-refractivity contribution >= 4 is 22.6 Å². The van der Waals surface area contributed by atoms with Gasteiger partial charge >= 0.3 is 0 Å². The lowest BCUT2D eigenvalue weighted by Crippen LogP contribution is -2.24. The minimum atomic E-state index is 0.126. The van der Waals surface area contributed by atoms with E-state index < -0.39 is 0 Å². The predicted molar refractivity (Wildman–Crippen MR) is 75.0 cm³/mol. The fourth-order valence-electron chi connectivity index (χ4n) is 2.63. The Balaban J connectivity index is 2.20. The van der Waals surface area contributed by atoms with Crippen LogP contribution in [-0.2, 0) is 12.0 Å². The van der Waals surface area contributed by atoms with Crippen LogP contribution < -0.4 is 5.73 Å². The van der Waals surface area contributed by atoms with Gasteiger partial charge in [-0.2, -0.15) is 0 Å². The van der Waals surface area contributed by atoms with E-state index in [0.717, 1.165) is 42.2 Å². The molecule has 1 aromatic carbocycles. The minimum Gasteiger partial charge on any atom is -0.329 e. The Kier molecular flexibility index (Phi) is 2.83. The summed E-state index contributed by atoms with van der Waals surface area (Å²) < 4.78 is 2.32. The summed E-state index contributed by atoms with van der Waals surface area (Å²) in [7, 11) is 0. The van der Waals surface area contributed by atoms with Gasteiger partial charge in [0.25, 0.3) is 0 Å². The molecule has 3 rings (SSSR count). The van der Waals surface area contributed by atoms with Gasteiger partial charge in [-0.05, 0) is 37.5 Å². The Bertz CT molecular complexity index is 584. The normalized spacial score (nSPS) is 17.3. The molecule has 18 heavy (non-hydrogen) atoms. The first-order chi connectivity index (χ1) is 8.70. The lowest BCUT2D eigenvalue weighted by atomic mass is 10.1. The van der Waals surface area contributed by atoms with Crippen LogP contribution in [0.25, 0.3) is 11.0 Å². The summed E-state index contributed by atoms with van der Waals surface area (Å²) >= 11 is 6.05. The second-order valence-electron chi connectivity index (χ2n) is 5.20. The van der Waals surface area contributed by atoms with Crippen LogP contribution in [0.2, 0.25) is 5.02 Å². The molecule has 1 saturated carbocycles. The van der Waals surface area contributed by atoms with E-state index in [9.17, 15) is 0 Å². The number of benzene rings is 1. The Morgan fingerprint density at radius 2 is 2.22 bits per heavy atom. The van der Waals surface area contributed by atoms with Crippen LogP contribution >= 0.6 is 11.6 Å². The second-order valence-corrected chi connectivity index (χ2v) is 5.64. The Morgan fingerprint density at radius 1 is 1.44 bits per heavy atom. The van der Waals surface area contributed by atoms with E-state index >= 15 is 0 Å². The van der Waals surface area contributed by atoms with Crippen molar-refractivity contribution < 1.29 is 0 Å². The third-order valence-corrected chi connectivity index (χ3v) is 4.11. The van der Waals surface area contributed by atoms with Gasteiger partial charge in [0.05, 0.1) is 11.0 Å². The van der Waals surface area contributed by atoms with Gasteiger partial charge in [-0.3, -0.25) is 0 Å². The van der Waals surface area contributed by atoms with E-state index in [2.05, 4.69) is 17.6 Å². The van der Waals surface area contributed by atoms with Crippen molar-refractivity contribution in [2.45, 2.75) is 38.1 Å². The van der Waals surface area contributed by atoms with Crippen LogP contribution in [-0.4, -0.2) is 16.1 Å². The number of nitrogens with zero attached hydrogens (tertiary/aromatic N) is 2. The third-order valence-electron chi connectivity index (χ3n) is 3.88. The maximum atomic E-state index is 6.05. The Morgan fingerprint density at radius 3 is 2.83 bits per heavy atom. The van der Waals surface area contributed by atoms with E-state index in [4.69, 9.17) is 22.3 Å². The number of halogens is 1. The Labute approximate surface area is 112 Å². The molecule has 1 fully saturated rings. The summed E-state index contributed by atoms with van der Waals surface area (Å²) in [6.07, 6.45) is 3.41. The summed E-state index contributed by atoms with van der Waals surface area (Å²) in [5.74, 6) is 1.16. The van der Waals surface area contributed by atoms with Crippen molar-refractivity contribution in [2.75, 3.05) is 6.54 Å². The molecule has 1 aromatic heterocycles. The lowest BCUT2D eigenvalue weighted by Gasteiger charge is -2.14. The summed E-state index contributed by atoms with van der Waals surface area (Å²) in [5.41, 5.74) is 8.23. The molecule has 0 spiro atoms. The molecule has 1 heterocycles. The van der Waals surface area contributed by atoms with Crippen molar-refractivity contribution in [3.05, 3.63) is 29.0 Å². The molecule has 0 radical (unpaired) electrons. The highest BCUT2D eigenvalue weighted by Crippen LogP contribution is 2.47. The van der Waals surface area contributed by atoms with Gasteiger partial charge in [-0.25, -0.2) is 4.98 Å². The van der Waals surface area contributed by atoms with E-state index in [1.165, 1.54) is 5.52 Å². The van der Waals surface area contributed by atoms with Gasteiger partial charge in [-0.1, -0.05) is 18.5 Å². The standard InChI is InChI=1S/C14H18ClN3/c1-2-7-18-12-4-3-10(15)8-11(12)17-13(18)14(9-16)5-6-14/h3-4,8H,2,5-7,9,16H2,1H3. The molecule has 3 nitrogen and oxygen atoms in total. The molecular weight excluding hydrogens is 246 g/mol. The van der Waals surface area contributed by atoms with Crippen LogP contribution in [0.15, 0.2) is 18.2 Å². The molecule has 2 aromatic rings. The predicted octanol–water partition coefficient (Wildman–Crippen LogP) is 3.09. The van der Waals surface area contributed by atoms with E-state index in [-0.39, 0.29) is 5.41 Å². The van der Waals surface area contributed by atoms with Crippen molar-refractivity contribution in [3.63, 3.8) is 0 Å². The van der Waals surface area contributed by atoms with Crippen LogP contribution in [0.4, 0.5) is 0 Å². The minimum absolute atomic E-state index is 0.126. The van der Waals surface area contributed by atoms with Crippen LogP contribution in [0.3, 0.4) is 0 Å². The second kappa shape index (κ2) is 4.25. The zero-order valence-corrected chi connectivity index (χ0v) is 11.4. The number of fused-ring (bicyclic) bond motifs is 1. The monoisotopic (exact) mass is 263 g/mol. The van der Waals surface area contributed by atoms with Gasteiger partial charge in [-0.15, -0.1) is 0 Å². The zero-order valence-electron chi connectivity index (χ0n) is 10.6. The van der Waals surface area contributed by atoms with Crippen molar-refractivity contribution in [1.29, 1.82) is 0 Å². The van der Waals surface area contributed by atoms with E-state index in [1.54, 1.807) is 0 Å². The average molecular weight is 264 g/mol. The molecule has 96 valence electrons. The van der Waals surface area contributed by atoms with Gasteiger partial charge in [0.2, 0.25) is 0 Å². The summed E-state index contributed by atoms with van der Waals surface area (Å²) in [5, 5.41) is 0.743. The van der Waals surface area contributed by atoms with Gasteiger partial charge < -0.3 is 10.3 Å². The molecule has 0 atom stereocenters. The lowest BCUT2D eigenvalue weighted by molar-refractivity contribution is 0.572. The molecule has 0 aliphatic heterocycles. The molecule has 0 unspecified atom stereocenters. The molecule has 4 heteroatoms. The van der Waals surface area contributed by atoms with Gasteiger partial charge in [0.1, 0.15) is 5.82 Å². The average Bonchev–Trinajstić information content (AvgIpc) is 3.08. The topological polar surface area (TPSA) is 43.8 Å². The number of aryl methyl sites for hydroxylation is 1. The number of imidazole rings is 1. The maximum Gasteiger partial charge on any atom is 0.117 e. The largest absolute Gasteiger partial charge is 0.329 e. The first-order valence-electron chi connectivity index (χ1n) is 6.56. The SMILES string of the molecule is CCCn1c(C2(CN)CC2)nc2cc(Cl)ccc21. The highest BCUT2D eigenvalue weighted by Gasteiger charge is 2.46. The highest BCUT2D eigenvalue weighted by molar-refractivity contribution is 6.31. The number of hydrogen-bond donors (Lipinski definition) is 1. The van der Waals surface area contributed by atoms with Crippen molar-refractivity contribution in [3.8, 4) is 0 Å². The van der Waals surface area contributed by atoms with E-state index in [0.29, 0.717) is 6.54 Å². The summed E-state index contributed by atoms with van der Waals surface area (Å²) in [6.45, 7) is 3.87. The Hall–Kier alpha value is -1.06. The third kappa shape index (κ3) is 1.73. The van der Waals surface area contributed by atoms with Gasteiger partial charge in [0.15, 0.2) is 0 Å². The molecule has 1 aliphatic rings. The number of aromatic nitrogens is 2. The molecule has 0 amide bonds. The fourth-order valence-corrected chi connectivity index (χ4v) is 2.79. The first kappa shape index (κ1) is 12.0. The van der Waals surface area contributed by atoms with Crippen LogP contribution in [0, 0.1) is 0 Å². The quantitative estimate of drug-likeness (QED) is 0.921. The zero-order chi connectivity index (χ0) is 12.8. The molecular formula is C14H18ClN3. The van der Waals surface area contributed by atoms with Crippen molar-refractivity contribution in [2.24, 2.45) is 5.73 Å². The molecule has 2 N–H and O–H groups in total. The number of rotatable bonds is 4. The molecule has 0 saturated heterocycles. The van der Waals surface area contributed by atoms with E-state index in [1.807, 2.05) is 12.1 Å². The number of nitrogens with two attached hydrogens (primary N) is 1.